The van der Waals surface area contributed by atoms with Gasteiger partial charge in [0.25, 0.3) is 0 Å². The van der Waals surface area contributed by atoms with Gasteiger partial charge in [-0.25, -0.2) is 0 Å². The zero-order chi connectivity index (χ0) is 15.2. The molecule has 2 aromatic rings. The van der Waals surface area contributed by atoms with E-state index >= 15 is 0 Å². The average molecular weight is 368 g/mol. The molecule has 3 nitrogen and oxygen atoms in total. The van der Waals surface area contributed by atoms with E-state index in [0.717, 1.165) is 26.4 Å². The fourth-order valence-corrected chi connectivity index (χ4v) is 2.39. The highest BCUT2D eigenvalue weighted by Crippen LogP contribution is 2.20. The molecule has 2 aromatic carbocycles. The topological polar surface area (TPSA) is 41.1 Å². The molecular formula is C16H16BrClN2O. The lowest BCUT2D eigenvalue weighted by Gasteiger charge is -2.09. The van der Waals surface area contributed by atoms with E-state index in [-0.39, 0.29) is 5.91 Å². The van der Waals surface area contributed by atoms with Crippen LogP contribution in [0.25, 0.3) is 0 Å². The van der Waals surface area contributed by atoms with Crippen LogP contribution >= 0.6 is 27.5 Å². The van der Waals surface area contributed by atoms with Crippen molar-refractivity contribution >= 4 is 44.8 Å². The van der Waals surface area contributed by atoms with Crippen LogP contribution in [-0.4, -0.2) is 12.5 Å². The van der Waals surface area contributed by atoms with Crippen LogP contribution in [0.15, 0.2) is 46.9 Å². The molecule has 21 heavy (non-hydrogen) atoms. The monoisotopic (exact) mass is 366 g/mol. The van der Waals surface area contributed by atoms with Crippen LogP contribution in [0.3, 0.4) is 0 Å². The molecule has 110 valence electrons. The quantitative estimate of drug-likeness (QED) is 0.793. The van der Waals surface area contributed by atoms with Gasteiger partial charge in [-0.05, 0) is 42.8 Å². The summed E-state index contributed by atoms with van der Waals surface area (Å²) in [5, 5.41) is 6.76. The number of benzene rings is 2. The highest BCUT2D eigenvalue weighted by molar-refractivity contribution is 9.10. The number of anilines is 2. The molecular weight excluding hydrogens is 352 g/mol. The van der Waals surface area contributed by atoms with Gasteiger partial charge in [0.15, 0.2) is 0 Å². The summed E-state index contributed by atoms with van der Waals surface area (Å²) in [6.07, 6.45) is 0.387. The van der Waals surface area contributed by atoms with E-state index in [2.05, 4.69) is 26.6 Å². The number of amides is 1. The molecule has 0 fully saturated rings. The van der Waals surface area contributed by atoms with Crippen LogP contribution < -0.4 is 10.6 Å². The van der Waals surface area contributed by atoms with Gasteiger partial charge in [0, 0.05) is 33.8 Å². The molecule has 0 aromatic heterocycles. The number of aryl methyl sites for hydroxylation is 1. The second-order valence-electron chi connectivity index (χ2n) is 4.70. The van der Waals surface area contributed by atoms with Crippen molar-refractivity contribution < 1.29 is 4.79 Å². The summed E-state index contributed by atoms with van der Waals surface area (Å²) in [6.45, 7) is 2.51. The molecule has 0 spiro atoms. The van der Waals surface area contributed by atoms with Crippen molar-refractivity contribution in [2.75, 3.05) is 17.2 Å². The van der Waals surface area contributed by atoms with Crippen molar-refractivity contribution in [3.8, 4) is 0 Å². The third kappa shape index (κ3) is 5.06. The highest BCUT2D eigenvalue weighted by atomic mass is 79.9. The molecule has 0 radical (unpaired) electrons. The SMILES string of the molecule is Cc1ccc(NCCC(=O)Nc2cccc(Br)c2)cc1Cl. The Morgan fingerprint density at radius 2 is 2.00 bits per heavy atom. The van der Waals surface area contributed by atoms with E-state index in [4.69, 9.17) is 11.6 Å². The zero-order valence-corrected chi connectivity index (χ0v) is 14.0. The lowest BCUT2D eigenvalue weighted by molar-refractivity contribution is -0.115. The minimum atomic E-state index is -0.0289. The molecule has 0 saturated heterocycles. The zero-order valence-electron chi connectivity index (χ0n) is 11.6. The Balaban J connectivity index is 1.80. The minimum absolute atomic E-state index is 0.0289. The molecule has 0 aliphatic carbocycles. The van der Waals surface area contributed by atoms with Gasteiger partial charge in [-0.1, -0.05) is 39.7 Å². The first-order valence-electron chi connectivity index (χ1n) is 6.60. The predicted octanol–water partition coefficient (Wildman–Crippen LogP) is 4.85. The average Bonchev–Trinajstić information content (AvgIpc) is 2.43. The standard InChI is InChI=1S/C16H16BrClN2O/c1-11-5-6-13(10-15(11)18)19-8-7-16(21)20-14-4-2-3-12(17)9-14/h2-6,9-10,19H,7-8H2,1H3,(H,20,21). The van der Waals surface area contributed by atoms with Gasteiger partial charge in [0.1, 0.15) is 0 Å². The molecule has 1 amide bonds. The van der Waals surface area contributed by atoms with Crippen LogP contribution in [-0.2, 0) is 4.79 Å². The number of hydrogen-bond acceptors (Lipinski definition) is 2. The van der Waals surface area contributed by atoms with E-state index in [1.165, 1.54) is 0 Å². The Morgan fingerprint density at radius 3 is 2.71 bits per heavy atom. The van der Waals surface area contributed by atoms with E-state index in [9.17, 15) is 4.79 Å². The van der Waals surface area contributed by atoms with Crippen molar-refractivity contribution in [2.45, 2.75) is 13.3 Å². The molecule has 5 heteroatoms. The summed E-state index contributed by atoms with van der Waals surface area (Å²) in [5.41, 5.74) is 2.74. The molecule has 0 saturated carbocycles. The highest BCUT2D eigenvalue weighted by Gasteiger charge is 2.03. The molecule has 2 N–H and O–H groups in total. The Kier molecular flexibility index (Phi) is 5.65. The lowest BCUT2D eigenvalue weighted by Crippen LogP contribution is -2.16. The Hall–Kier alpha value is -1.52. The summed E-state index contributed by atoms with van der Waals surface area (Å²) in [7, 11) is 0. The predicted molar refractivity (Wildman–Crippen MR) is 92.1 cm³/mol. The summed E-state index contributed by atoms with van der Waals surface area (Å²) in [5.74, 6) is -0.0289. The molecule has 0 atom stereocenters. The second-order valence-corrected chi connectivity index (χ2v) is 6.02. The number of halogens is 2. The molecule has 0 bridgehead atoms. The summed E-state index contributed by atoms with van der Waals surface area (Å²) in [4.78, 5) is 11.8. The normalized spacial score (nSPS) is 10.2. The molecule has 0 heterocycles. The summed E-state index contributed by atoms with van der Waals surface area (Å²) >= 11 is 9.43. The molecule has 0 unspecified atom stereocenters. The Bertz CT molecular complexity index is 646. The third-order valence-electron chi connectivity index (χ3n) is 2.96. The lowest BCUT2D eigenvalue weighted by atomic mass is 10.2. The second kappa shape index (κ2) is 7.48. The van der Waals surface area contributed by atoms with Crippen molar-refractivity contribution in [3.63, 3.8) is 0 Å². The smallest absolute Gasteiger partial charge is 0.226 e. The molecule has 0 aliphatic rings. The fraction of sp³-hybridized carbons (Fsp3) is 0.188. The first-order chi connectivity index (χ1) is 10.0. The first-order valence-corrected chi connectivity index (χ1v) is 7.77. The van der Waals surface area contributed by atoms with E-state index in [1.807, 2.05) is 49.4 Å². The van der Waals surface area contributed by atoms with Crippen LogP contribution in [0.4, 0.5) is 11.4 Å². The van der Waals surface area contributed by atoms with Gasteiger partial charge >= 0.3 is 0 Å². The van der Waals surface area contributed by atoms with Crippen molar-refractivity contribution in [1.82, 2.24) is 0 Å². The number of carbonyl (C=O) groups excluding carboxylic acids is 1. The van der Waals surface area contributed by atoms with Crippen molar-refractivity contribution in [3.05, 3.63) is 57.5 Å². The Morgan fingerprint density at radius 1 is 1.19 bits per heavy atom. The summed E-state index contributed by atoms with van der Waals surface area (Å²) in [6, 6.07) is 13.3. The van der Waals surface area contributed by atoms with Gasteiger partial charge in [0.05, 0.1) is 0 Å². The third-order valence-corrected chi connectivity index (χ3v) is 3.86. The molecule has 2 rings (SSSR count). The van der Waals surface area contributed by atoms with Crippen LogP contribution in [0.1, 0.15) is 12.0 Å². The van der Waals surface area contributed by atoms with Gasteiger partial charge in [-0.15, -0.1) is 0 Å². The maximum absolute atomic E-state index is 11.8. The van der Waals surface area contributed by atoms with E-state index in [0.29, 0.717) is 13.0 Å². The van der Waals surface area contributed by atoms with Crippen molar-refractivity contribution in [2.24, 2.45) is 0 Å². The summed E-state index contributed by atoms with van der Waals surface area (Å²) < 4.78 is 0.938. The van der Waals surface area contributed by atoms with Gasteiger partial charge in [0.2, 0.25) is 5.91 Å². The van der Waals surface area contributed by atoms with Gasteiger partial charge in [-0.3, -0.25) is 4.79 Å². The van der Waals surface area contributed by atoms with Gasteiger partial charge in [-0.2, -0.15) is 0 Å². The maximum atomic E-state index is 11.8. The number of hydrogen-bond donors (Lipinski definition) is 2. The maximum Gasteiger partial charge on any atom is 0.226 e. The van der Waals surface area contributed by atoms with E-state index in [1.54, 1.807) is 0 Å². The number of nitrogens with one attached hydrogen (secondary N) is 2. The largest absolute Gasteiger partial charge is 0.384 e. The fourth-order valence-electron chi connectivity index (χ4n) is 1.81. The minimum Gasteiger partial charge on any atom is -0.384 e. The van der Waals surface area contributed by atoms with Crippen LogP contribution in [0, 0.1) is 6.92 Å². The van der Waals surface area contributed by atoms with Crippen molar-refractivity contribution in [1.29, 1.82) is 0 Å². The Labute approximate surface area is 137 Å². The first kappa shape index (κ1) is 15.9. The molecule has 0 aliphatic heterocycles. The van der Waals surface area contributed by atoms with Crippen LogP contribution in [0.5, 0.6) is 0 Å². The van der Waals surface area contributed by atoms with E-state index < -0.39 is 0 Å². The number of carbonyl (C=O) groups is 1. The number of rotatable bonds is 5. The van der Waals surface area contributed by atoms with Crippen LogP contribution in [0.2, 0.25) is 5.02 Å². The van der Waals surface area contributed by atoms with Gasteiger partial charge < -0.3 is 10.6 Å².